The van der Waals surface area contributed by atoms with Crippen molar-refractivity contribution in [3.8, 4) is 0 Å². The van der Waals surface area contributed by atoms with Crippen LogP contribution in [0.2, 0.25) is 0 Å². The molecule has 1 aromatic heterocycles. The van der Waals surface area contributed by atoms with Crippen molar-refractivity contribution in [3.05, 3.63) is 18.2 Å². The normalized spacial score (nSPS) is 13.5. The summed E-state index contributed by atoms with van der Waals surface area (Å²) in [7, 11) is 0. The van der Waals surface area contributed by atoms with Crippen LogP contribution in [-0.2, 0) is 25.6 Å². The summed E-state index contributed by atoms with van der Waals surface area (Å²) in [5.41, 5.74) is 11.5. The standard InChI is InChI=1S/C17H28N8O6/c18-10(6-9-7-21-8-23-9)14(28)24-11(3-4-13(26)27)15(29)25-12(16(30)31)2-1-5-22-17(19)20/h7-8,10-12H,1-6,18H2,(H,21,23)(H,24,28)(H,25,29)(H,26,27)(H,30,31)(H4,19,20,22)/t10-,11-,12-/m0/s1. The number of aliphatic carboxylic acids is 2. The number of carboxylic acids is 2. The first kappa shape index (κ1) is 25.4. The van der Waals surface area contributed by atoms with Gasteiger partial charge in [0.1, 0.15) is 12.1 Å². The summed E-state index contributed by atoms with van der Waals surface area (Å²) < 4.78 is 0. The van der Waals surface area contributed by atoms with Crippen molar-refractivity contribution in [2.45, 2.75) is 50.2 Å². The molecular formula is C17H28N8O6. The third-order valence-corrected chi connectivity index (χ3v) is 4.20. The van der Waals surface area contributed by atoms with Gasteiger partial charge in [0.05, 0.1) is 18.1 Å². The lowest BCUT2D eigenvalue weighted by molar-refractivity contribution is -0.143. The second-order valence-corrected chi connectivity index (χ2v) is 6.75. The molecule has 0 aromatic carbocycles. The van der Waals surface area contributed by atoms with E-state index < -0.39 is 48.3 Å². The number of guanidine groups is 1. The van der Waals surface area contributed by atoms with Crippen LogP contribution in [0.1, 0.15) is 31.4 Å². The third kappa shape index (κ3) is 10.1. The van der Waals surface area contributed by atoms with E-state index in [1.807, 2.05) is 0 Å². The lowest BCUT2D eigenvalue weighted by atomic mass is 10.1. The molecule has 3 atom stereocenters. The Hall–Kier alpha value is -3.68. The van der Waals surface area contributed by atoms with Crippen molar-refractivity contribution < 1.29 is 29.4 Å². The van der Waals surface area contributed by atoms with Gasteiger partial charge in [-0.15, -0.1) is 0 Å². The average Bonchev–Trinajstić information content (AvgIpc) is 3.19. The molecule has 0 aliphatic rings. The Balaban J connectivity index is 2.73. The molecule has 31 heavy (non-hydrogen) atoms. The highest BCUT2D eigenvalue weighted by Crippen LogP contribution is 2.04. The predicted molar refractivity (Wildman–Crippen MR) is 108 cm³/mol. The topological polar surface area (TPSA) is 249 Å². The minimum atomic E-state index is -1.30. The summed E-state index contributed by atoms with van der Waals surface area (Å²) in [6.07, 6.45) is 2.70. The highest BCUT2D eigenvalue weighted by Gasteiger charge is 2.28. The van der Waals surface area contributed by atoms with Gasteiger partial charge in [-0.2, -0.15) is 0 Å². The Morgan fingerprint density at radius 1 is 1.13 bits per heavy atom. The number of hydrogen-bond acceptors (Lipinski definition) is 7. The Bertz CT molecular complexity index is 769. The Kier molecular flexibility index (Phi) is 10.5. The van der Waals surface area contributed by atoms with E-state index in [0.29, 0.717) is 5.69 Å². The van der Waals surface area contributed by atoms with Gasteiger partial charge in [-0.1, -0.05) is 0 Å². The number of hydrogen-bond donors (Lipinski definition) is 9. The molecule has 1 rings (SSSR count). The zero-order valence-electron chi connectivity index (χ0n) is 16.8. The maximum atomic E-state index is 12.6. The zero-order valence-corrected chi connectivity index (χ0v) is 16.8. The Morgan fingerprint density at radius 2 is 1.81 bits per heavy atom. The largest absolute Gasteiger partial charge is 0.481 e. The van der Waals surface area contributed by atoms with E-state index in [4.69, 9.17) is 22.0 Å². The summed E-state index contributed by atoms with van der Waals surface area (Å²) in [6.45, 7) is 0.232. The van der Waals surface area contributed by atoms with Crippen molar-refractivity contribution in [3.63, 3.8) is 0 Å². The second kappa shape index (κ2) is 12.8. The number of carbonyl (C=O) groups excluding carboxylic acids is 2. The number of rotatable bonds is 14. The highest BCUT2D eigenvalue weighted by atomic mass is 16.4. The predicted octanol–water partition coefficient (Wildman–Crippen LogP) is -2.54. The van der Waals surface area contributed by atoms with Crippen LogP contribution in [0.5, 0.6) is 0 Å². The number of carbonyl (C=O) groups is 4. The maximum Gasteiger partial charge on any atom is 0.326 e. The summed E-state index contributed by atoms with van der Waals surface area (Å²) in [5.74, 6) is -4.29. The average molecular weight is 440 g/mol. The molecule has 0 aliphatic carbocycles. The van der Waals surface area contributed by atoms with Crippen LogP contribution in [0.3, 0.4) is 0 Å². The minimum absolute atomic E-state index is 0.0274. The zero-order chi connectivity index (χ0) is 23.4. The van der Waals surface area contributed by atoms with Crippen molar-refractivity contribution in [1.82, 2.24) is 25.9 Å². The van der Waals surface area contributed by atoms with Gasteiger partial charge in [-0.3, -0.25) is 19.8 Å². The van der Waals surface area contributed by atoms with Crippen LogP contribution in [0.4, 0.5) is 0 Å². The smallest absolute Gasteiger partial charge is 0.326 e. The SMILES string of the molecule is N=C(N)NCCC[C@H](NC(=O)[C@H](CCC(=O)O)NC(=O)[C@@H](N)Cc1c[nH]cn1)C(=O)O. The van der Waals surface area contributed by atoms with Crippen LogP contribution >= 0.6 is 0 Å². The third-order valence-electron chi connectivity index (χ3n) is 4.20. The number of aromatic amines is 1. The van der Waals surface area contributed by atoms with Gasteiger partial charge in [0.25, 0.3) is 0 Å². The van der Waals surface area contributed by atoms with E-state index in [9.17, 15) is 24.3 Å². The molecule has 172 valence electrons. The van der Waals surface area contributed by atoms with Crippen LogP contribution < -0.4 is 27.4 Å². The van der Waals surface area contributed by atoms with Gasteiger partial charge in [-0.25, -0.2) is 9.78 Å². The molecule has 0 aliphatic heterocycles. The Labute approximate surface area is 177 Å². The van der Waals surface area contributed by atoms with Gasteiger partial charge in [-0.05, 0) is 19.3 Å². The van der Waals surface area contributed by atoms with Crippen LogP contribution in [0, 0.1) is 5.41 Å². The molecule has 0 radical (unpaired) electrons. The fourth-order valence-electron chi connectivity index (χ4n) is 2.59. The number of carboxylic acid groups (broad SMARTS) is 2. The Morgan fingerprint density at radius 3 is 2.35 bits per heavy atom. The number of nitrogens with zero attached hydrogens (tertiary/aromatic N) is 1. The molecule has 1 heterocycles. The molecule has 0 spiro atoms. The number of nitrogens with one attached hydrogen (secondary N) is 5. The van der Waals surface area contributed by atoms with Crippen LogP contribution in [0.15, 0.2) is 12.5 Å². The molecule has 11 N–H and O–H groups in total. The first-order chi connectivity index (χ1) is 14.6. The fourth-order valence-corrected chi connectivity index (χ4v) is 2.59. The van der Waals surface area contributed by atoms with E-state index in [-0.39, 0.29) is 38.2 Å². The summed E-state index contributed by atoms with van der Waals surface area (Å²) >= 11 is 0. The number of amides is 2. The number of nitrogens with two attached hydrogens (primary N) is 2. The number of imidazole rings is 1. The molecular weight excluding hydrogens is 412 g/mol. The van der Waals surface area contributed by atoms with E-state index in [1.165, 1.54) is 6.33 Å². The fraction of sp³-hybridized carbons (Fsp3) is 0.529. The molecule has 0 unspecified atom stereocenters. The van der Waals surface area contributed by atoms with E-state index >= 15 is 0 Å². The molecule has 14 nitrogen and oxygen atoms in total. The molecule has 1 aromatic rings. The van der Waals surface area contributed by atoms with E-state index in [2.05, 4.69) is 25.9 Å². The van der Waals surface area contributed by atoms with Gasteiger partial charge in [0.2, 0.25) is 11.8 Å². The van der Waals surface area contributed by atoms with Gasteiger partial charge >= 0.3 is 11.9 Å². The molecule has 0 fully saturated rings. The summed E-state index contributed by atoms with van der Waals surface area (Å²) in [5, 5.41) is 32.5. The maximum absolute atomic E-state index is 12.6. The van der Waals surface area contributed by atoms with Crippen molar-refractivity contribution in [2.75, 3.05) is 6.54 Å². The molecule has 0 saturated carbocycles. The van der Waals surface area contributed by atoms with Crippen molar-refractivity contribution >= 4 is 29.7 Å². The highest BCUT2D eigenvalue weighted by molar-refractivity contribution is 5.92. The monoisotopic (exact) mass is 440 g/mol. The van der Waals surface area contributed by atoms with E-state index in [0.717, 1.165) is 0 Å². The molecule has 2 amide bonds. The summed E-state index contributed by atoms with van der Waals surface area (Å²) in [4.78, 5) is 54.0. The van der Waals surface area contributed by atoms with Crippen molar-refractivity contribution in [2.24, 2.45) is 11.5 Å². The van der Waals surface area contributed by atoms with Gasteiger partial charge < -0.3 is 42.6 Å². The van der Waals surface area contributed by atoms with Crippen molar-refractivity contribution in [1.29, 1.82) is 5.41 Å². The number of H-pyrrole nitrogens is 1. The lowest BCUT2D eigenvalue weighted by Crippen LogP contribution is -2.55. The minimum Gasteiger partial charge on any atom is -0.481 e. The lowest BCUT2D eigenvalue weighted by Gasteiger charge is -2.22. The number of aromatic nitrogens is 2. The van der Waals surface area contributed by atoms with E-state index in [1.54, 1.807) is 6.20 Å². The first-order valence-electron chi connectivity index (χ1n) is 9.46. The van der Waals surface area contributed by atoms with Crippen LogP contribution in [-0.4, -0.2) is 74.6 Å². The quantitative estimate of drug-likeness (QED) is 0.0832. The molecule has 0 saturated heterocycles. The molecule has 14 heteroatoms. The van der Waals surface area contributed by atoms with Crippen LogP contribution in [0.25, 0.3) is 0 Å². The van der Waals surface area contributed by atoms with Gasteiger partial charge in [0.15, 0.2) is 5.96 Å². The second-order valence-electron chi connectivity index (χ2n) is 6.75. The molecule has 0 bridgehead atoms. The first-order valence-corrected chi connectivity index (χ1v) is 9.46. The summed E-state index contributed by atoms with van der Waals surface area (Å²) in [6, 6.07) is -3.61. The van der Waals surface area contributed by atoms with Gasteiger partial charge in [0, 0.05) is 25.6 Å².